The molecule has 0 bridgehead atoms. The molecule has 0 spiro atoms. The average molecular weight is 501 g/mol. The van der Waals surface area contributed by atoms with Gasteiger partial charge in [0.2, 0.25) is 0 Å². The SMILES string of the molecule is COc1cccc(NS(=O)(=O)c2ccc3c(c2)[C@H]2C=CC[C@H]2[C@@H](c2c(Cl)cccc2Cl)N3)c1. The number of ether oxygens (including phenoxy) is 1. The highest BCUT2D eigenvalue weighted by Crippen LogP contribution is 2.52. The second-order valence-electron chi connectivity index (χ2n) is 8.20. The van der Waals surface area contributed by atoms with Gasteiger partial charge in [-0.3, -0.25) is 4.72 Å². The van der Waals surface area contributed by atoms with Crippen molar-refractivity contribution in [3.8, 4) is 5.75 Å². The third-order valence-electron chi connectivity index (χ3n) is 6.28. The second-order valence-corrected chi connectivity index (χ2v) is 10.7. The summed E-state index contributed by atoms with van der Waals surface area (Å²) in [6.07, 6.45) is 5.13. The van der Waals surface area contributed by atoms with Crippen LogP contribution in [0.1, 0.15) is 29.5 Å². The van der Waals surface area contributed by atoms with Gasteiger partial charge < -0.3 is 10.1 Å². The minimum Gasteiger partial charge on any atom is -0.497 e. The Morgan fingerprint density at radius 2 is 1.79 bits per heavy atom. The lowest BCUT2D eigenvalue weighted by atomic mass is 9.77. The van der Waals surface area contributed by atoms with Crippen molar-refractivity contribution in [3.63, 3.8) is 0 Å². The van der Waals surface area contributed by atoms with Gasteiger partial charge in [-0.2, -0.15) is 0 Å². The first-order valence-corrected chi connectivity index (χ1v) is 12.8. The molecule has 3 aromatic carbocycles. The summed E-state index contributed by atoms with van der Waals surface area (Å²) in [5, 5.41) is 4.81. The molecule has 0 radical (unpaired) electrons. The van der Waals surface area contributed by atoms with Crippen molar-refractivity contribution < 1.29 is 13.2 Å². The highest BCUT2D eigenvalue weighted by Gasteiger charge is 2.40. The van der Waals surface area contributed by atoms with E-state index in [1.807, 2.05) is 24.3 Å². The molecule has 2 aliphatic rings. The fourth-order valence-corrected chi connectivity index (χ4v) is 6.45. The normalized spacial score (nSPS) is 21.1. The second kappa shape index (κ2) is 8.60. The van der Waals surface area contributed by atoms with E-state index in [1.165, 1.54) is 0 Å². The minimum atomic E-state index is -3.78. The maximum Gasteiger partial charge on any atom is 0.261 e. The first kappa shape index (κ1) is 22.1. The van der Waals surface area contributed by atoms with Gasteiger partial charge in [0.1, 0.15) is 5.75 Å². The predicted molar refractivity (Wildman–Crippen MR) is 133 cm³/mol. The van der Waals surface area contributed by atoms with E-state index in [0.29, 0.717) is 21.5 Å². The Bertz CT molecular complexity index is 1340. The topological polar surface area (TPSA) is 67.4 Å². The standard InChI is InChI=1S/C25H22Cl2N2O3S/c1-32-16-6-2-5-15(13-16)29-33(30,31)17-11-12-23-20(14-17)18-7-3-8-19(18)25(28-23)24-21(26)9-4-10-22(24)27/h2-7,9-14,18-19,25,28-29H,8H2,1H3/t18-,19+,25-/m0/s1. The zero-order valence-electron chi connectivity index (χ0n) is 17.8. The van der Waals surface area contributed by atoms with Crippen molar-refractivity contribution in [2.45, 2.75) is 23.3 Å². The fraction of sp³-hybridized carbons (Fsp3) is 0.200. The number of benzene rings is 3. The molecular weight excluding hydrogens is 479 g/mol. The summed E-state index contributed by atoms with van der Waals surface area (Å²) >= 11 is 13.0. The van der Waals surface area contributed by atoms with Crippen molar-refractivity contribution in [2.75, 3.05) is 17.1 Å². The Labute approximate surface area is 203 Å². The van der Waals surface area contributed by atoms with Gasteiger partial charge >= 0.3 is 0 Å². The fourth-order valence-electron chi connectivity index (χ4n) is 4.73. The van der Waals surface area contributed by atoms with Gasteiger partial charge in [0, 0.05) is 33.3 Å². The molecule has 0 amide bonds. The lowest BCUT2D eigenvalue weighted by Crippen LogP contribution is -2.29. The van der Waals surface area contributed by atoms with E-state index in [9.17, 15) is 8.42 Å². The summed E-state index contributed by atoms with van der Waals surface area (Å²) in [5.74, 6) is 0.817. The van der Waals surface area contributed by atoms with Crippen LogP contribution in [0.15, 0.2) is 77.7 Å². The minimum absolute atomic E-state index is 0.0607. The average Bonchev–Trinajstić information content (AvgIpc) is 3.29. The summed E-state index contributed by atoms with van der Waals surface area (Å²) in [6.45, 7) is 0. The monoisotopic (exact) mass is 500 g/mol. The number of nitrogens with one attached hydrogen (secondary N) is 2. The number of allylic oxidation sites excluding steroid dienone is 2. The van der Waals surface area contributed by atoms with E-state index < -0.39 is 10.0 Å². The van der Waals surface area contributed by atoms with Gasteiger partial charge in [-0.25, -0.2) is 8.42 Å². The molecule has 5 nitrogen and oxygen atoms in total. The Hall–Kier alpha value is -2.67. The van der Waals surface area contributed by atoms with E-state index in [2.05, 4.69) is 22.2 Å². The van der Waals surface area contributed by atoms with Crippen LogP contribution in [0.2, 0.25) is 10.0 Å². The smallest absolute Gasteiger partial charge is 0.261 e. The van der Waals surface area contributed by atoms with Gasteiger partial charge in [-0.1, -0.05) is 47.5 Å². The molecular formula is C25H22Cl2N2O3S. The van der Waals surface area contributed by atoms with Crippen LogP contribution in [0.25, 0.3) is 0 Å². The molecule has 1 aliphatic carbocycles. The Morgan fingerprint density at radius 3 is 2.55 bits per heavy atom. The van der Waals surface area contributed by atoms with Crippen LogP contribution < -0.4 is 14.8 Å². The van der Waals surface area contributed by atoms with Crippen LogP contribution in [0.3, 0.4) is 0 Å². The number of anilines is 2. The molecule has 0 fully saturated rings. The molecule has 1 aliphatic heterocycles. The molecule has 0 unspecified atom stereocenters. The van der Waals surface area contributed by atoms with Crippen LogP contribution >= 0.6 is 23.2 Å². The van der Waals surface area contributed by atoms with Gasteiger partial charge in [-0.15, -0.1) is 0 Å². The Morgan fingerprint density at radius 1 is 1.03 bits per heavy atom. The number of hydrogen-bond donors (Lipinski definition) is 2. The molecule has 0 aromatic heterocycles. The lowest BCUT2D eigenvalue weighted by molar-refractivity contribution is 0.415. The molecule has 170 valence electrons. The van der Waals surface area contributed by atoms with Crippen LogP contribution in [0.4, 0.5) is 11.4 Å². The number of hydrogen-bond acceptors (Lipinski definition) is 4. The van der Waals surface area contributed by atoms with E-state index >= 15 is 0 Å². The molecule has 5 rings (SSSR count). The molecule has 0 saturated heterocycles. The van der Waals surface area contributed by atoms with Crippen molar-refractivity contribution >= 4 is 44.6 Å². The van der Waals surface area contributed by atoms with E-state index in [0.717, 1.165) is 23.2 Å². The van der Waals surface area contributed by atoms with Crippen molar-refractivity contribution in [2.24, 2.45) is 5.92 Å². The van der Waals surface area contributed by atoms with E-state index in [-0.39, 0.29) is 22.8 Å². The first-order chi connectivity index (χ1) is 15.9. The van der Waals surface area contributed by atoms with Crippen LogP contribution in [-0.4, -0.2) is 15.5 Å². The summed E-state index contributed by atoms with van der Waals surface area (Å²) in [4.78, 5) is 0.208. The number of methoxy groups -OCH3 is 1. The van der Waals surface area contributed by atoms with E-state index in [1.54, 1.807) is 43.5 Å². The predicted octanol–water partition coefficient (Wildman–Crippen LogP) is 6.63. The third kappa shape index (κ3) is 4.07. The van der Waals surface area contributed by atoms with E-state index in [4.69, 9.17) is 27.9 Å². The molecule has 3 aromatic rings. The highest BCUT2D eigenvalue weighted by molar-refractivity contribution is 7.92. The maximum absolute atomic E-state index is 13.1. The quantitative estimate of drug-likeness (QED) is 0.385. The van der Waals surface area contributed by atoms with Gasteiger partial charge in [0.05, 0.1) is 23.7 Å². The first-order valence-electron chi connectivity index (χ1n) is 10.6. The van der Waals surface area contributed by atoms with Gasteiger partial charge in [-0.05, 0) is 60.4 Å². The Balaban J connectivity index is 1.50. The molecule has 0 saturated carbocycles. The molecule has 3 atom stereocenters. The number of fused-ring (bicyclic) bond motifs is 3. The van der Waals surface area contributed by atoms with Crippen molar-refractivity contribution in [1.82, 2.24) is 0 Å². The largest absolute Gasteiger partial charge is 0.497 e. The zero-order valence-corrected chi connectivity index (χ0v) is 20.1. The van der Waals surface area contributed by atoms with Crippen LogP contribution in [0.5, 0.6) is 5.75 Å². The van der Waals surface area contributed by atoms with Crippen molar-refractivity contribution in [1.29, 1.82) is 0 Å². The molecule has 8 heteroatoms. The molecule has 1 heterocycles. The summed E-state index contributed by atoms with van der Waals surface area (Å²) in [7, 11) is -2.24. The number of rotatable bonds is 5. The molecule has 2 N–H and O–H groups in total. The summed E-state index contributed by atoms with van der Waals surface area (Å²) < 4.78 is 34.1. The Kier molecular flexibility index (Phi) is 5.77. The van der Waals surface area contributed by atoms with Gasteiger partial charge in [0.25, 0.3) is 10.0 Å². The summed E-state index contributed by atoms with van der Waals surface area (Å²) in [5.41, 5.74) is 3.14. The highest BCUT2D eigenvalue weighted by atomic mass is 35.5. The van der Waals surface area contributed by atoms with Crippen molar-refractivity contribution in [3.05, 3.63) is 94.0 Å². The zero-order chi connectivity index (χ0) is 23.2. The third-order valence-corrected chi connectivity index (χ3v) is 8.32. The van der Waals surface area contributed by atoms with Gasteiger partial charge in [0.15, 0.2) is 0 Å². The number of sulfonamides is 1. The maximum atomic E-state index is 13.1. The molecule has 33 heavy (non-hydrogen) atoms. The number of halogens is 2. The lowest BCUT2D eigenvalue weighted by Gasteiger charge is -2.38. The van der Waals surface area contributed by atoms with Crippen LogP contribution in [0, 0.1) is 5.92 Å². The summed E-state index contributed by atoms with van der Waals surface area (Å²) in [6, 6.07) is 17.5. The van der Waals surface area contributed by atoms with Crippen LogP contribution in [-0.2, 0) is 10.0 Å².